The highest BCUT2D eigenvalue weighted by molar-refractivity contribution is 5.83. The highest BCUT2D eigenvalue weighted by atomic mass is 19.4. The minimum absolute atomic E-state index is 0.0508. The molecular formula is C37H48F6N4O8. The van der Waals surface area contributed by atoms with Gasteiger partial charge in [-0.1, -0.05) is 24.3 Å². The van der Waals surface area contributed by atoms with Crippen LogP contribution in [0.2, 0.25) is 0 Å². The first-order chi connectivity index (χ1) is 25.2. The van der Waals surface area contributed by atoms with Gasteiger partial charge in [-0.15, -0.1) is 0 Å². The zero-order valence-corrected chi connectivity index (χ0v) is 31.7. The van der Waals surface area contributed by atoms with Crippen LogP contribution in [-0.4, -0.2) is 94.6 Å². The first-order valence-electron chi connectivity index (χ1n) is 17.3. The summed E-state index contributed by atoms with van der Waals surface area (Å²) in [4.78, 5) is 51.4. The van der Waals surface area contributed by atoms with E-state index < -0.39 is 69.9 Å². The van der Waals surface area contributed by atoms with Gasteiger partial charge in [0.25, 0.3) is 0 Å². The number of ether oxygens (including phenoxy) is 3. The predicted molar refractivity (Wildman–Crippen MR) is 187 cm³/mol. The summed E-state index contributed by atoms with van der Waals surface area (Å²) in [6, 6.07) is 9.17. The molecular weight excluding hydrogens is 742 g/mol. The van der Waals surface area contributed by atoms with Gasteiger partial charge < -0.3 is 29.1 Å². The van der Waals surface area contributed by atoms with E-state index in [0.29, 0.717) is 24.1 Å². The van der Waals surface area contributed by atoms with E-state index in [1.807, 2.05) is 0 Å². The molecule has 2 saturated heterocycles. The molecule has 2 atom stereocenters. The quantitative estimate of drug-likeness (QED) is 0.152. The number of nitrogens with one attached hydrogen (secondary N) is 2. The minimum atomic E-state index is -4.42. The van der Waals surface area contributed by atoms with Crippen molar-refractivity contribution in [2.24, 2.45) is 0 Å². The van der Waals surface area contributed by atoms with Crippen molar-refractivity contribution >= 4 is 24.1 Å². The van der Waals surface area contributed by atoms with Crippen molar-refractivity contribution < 1.29 is 64.8 Å². The molecule has 2 aliphatic rings. The Kier molecular flexibility index (Phi) is 13.9. The average molecular weight is 791 g/mol. The average Bonchev–Trinajstić information content (AvgIpc) is 3.72. The number of halogens is 6. The maximum absolute atomic E-state index is 12.7. The maximum Gasteiger partial charge on any atom is 0.416 e. The fourth-order valence-electron chi connectivity index (χ4n) is 5.72. The number of carbonyl (C=O) groups is 4. The highest BCUT2D eigenvalue weighted by Gasteiger charge is 2.48. The van der Waals surface area contributed by atoms with Gasteiger partial charge in [0.05, 0.1) is 31.3 Å². The molecule has 2 amide bonds. The van der Waals surface area contributed by atoms with Crippen LogP contribution in [0.4, 0.5) is 35.9 Å². The van der Waals surface area contributed by atoms with E-state index in [4.69, 9.17) is 14.2 Å². The van der Waals surface area contributed by atoms with E-state index >= 15 is 0 Å². The molecule has 2 heterocycles. The van der Waals surface area contributed by atoms with Crippen molar-refractivity contribution in [1.82, 2.24) is 20.4 Å². The number of esters is 1. The number of alkyl halides is 6. The molecule has 2 aliphatic heterocycles. The smallest absolute Gasteiger partial charge is 0.416 e. The lowest BCUT2D eigenvalue weighted by Crippen LogP contribution is -2.54. The zero-order chi connectivity index (χ0) is 41.6. The number of amides is 2. The van der Waals surface area contributed by atoms with Gasteiger partial charge in [-0.25, -0.2) is 14.4 Å². The van der Waals surface area contributed by atoms with E-state index in [0.717, 1.165) is 24.3 Å². The van der Waals surface area contributed by atoms with Gasteiger partial charge in [0.1, 0.15) is 22.3 Å². The van der Waals surface area contributed by atoms with Crippen LogP contribution >= 0.6 is 0 Å². The molecule has 0 spiro atoms. The molecule has 55 heavy (non-hydrogen) atoms. The Morgan fingerprint density at radius 2 is 1.00 bits per heavy atom. The van der Waals surface area contributed by atoms with Crippen LogP contribution in [0.5, 0.6) is 0 Å². The zero-order valence-electron chi connectivity index (χ0n) is 31.7. The summed E-state index contributed by atoms with van der Waals surface area (Å²) >= 11 is 0. The second-order valence-corrected chi connectivity index (χ2v) is 15.4. The largest absolute Gasteiger partial charge is 0.480 e. The number of rotatable bonds is 8. The van der Waals surface area contributed by atoms with Gasteiger partial charge in [0.15, 0.2) is 0 Å². The van der Waals surface area contributed by atoms with Gasteiger partial charge in [-0.3, -0.25) is 15.4 Å². The molecule has 3 N–H and O–H groups in total. The van der Waals surface area contributed by atoms with Crippen LogP contribution in [0.3, 0.4) is 0 Å². The number of carboxylic acids is 1. The molecule has 2 aromatic rings. The summed E-state index contributed by atoms with van der Waals surface area (Å²) in [5.41, 5.74) is -4.30. The van der Waals surface area contributed by atoms with Crippen LogP contribution in [0.15, 0.2) is 48.5 Å². The first-order valence-corrected chi connectivity index (χ1v) is 17.3. The number of hydrogen-bond acceptors (Lipinski definition) is 9. The summed E-state index contributed by atoms with van der Waals surface area (Å²) in [7, 11) is 1.25. The number of methoxy groups -OCH3 is 1. The third-order valence-corrected chi connectivity index (χ3v) is 8.65. The van der Waals surface area contributed by atoms with Crippen molar-refractivity contribution in [1.29, 1.82) is 0 Å². The highest BCUT2D eigenvalue weighted by Crippen LogP contribution is 2.31. The molecule has 2 aromatic carbocycles. The van der Waals surface area contributed by atoms with Crippen molar-refractivity contribution in [3.63, 3.8) is 0 Å². The molecule has 0 saturated carbocycles. The molecule has 0 bridgehead atoms. The van der Waals surface area contributed by atoms with Crippen LogP contribution < -0.4 is 10.6 Å². The van der Waals surface area contributed by atoms with E-state index in [-0.39, 0.29) is 39.1 Å². The Morgan fingerprint density at radius 1 is 0.655 bits per heavy atom. The lowest BCUT2D eigenvalue weighted by molar-refractivity contribution is -0.148. The molecule has 0 radical (unpaired) electrons. The Morgan fingerprint density at radius 3 is 1.33 bits per heavy atom. The summed E-state index contributed by atoms with van der Waals surface area (Å²) < 4.78 is 91.3. The molecule has 12 nitrogen and oxygen atoms in total. The van der Waals surface area contributed by atoms with E-state index in [1.165, 1.54) is 41.2 Å². The summed E-state index contributed by atoms with van der Waals surface area (Å²) in [6.45, 7) is 11.1. The van der Waals surface area contributed by atoms with E-state index in [9.17, 15) is 50.6 Å². The number of benzene rings is 2. The van der Waals surface area contributed by atoms with E-state index in [1.54, 1.807) is 41.5 Å². The summed E-state index contributed by atoms with van der Waals surface area (Å²) in [5.74, 6) is -1.66. The summed E-state index contributed by atoms with van der Waals surface area (Å²) in [6.07, 6.45) is -9.48. The Hall–Kier alpha value is -4.58. The molecule has 2 unspecified atom stereocenters. The SMILES string of the molecule is CC(C)(C)OC(=O)N1CCC(NCc2ccc(C(F)(F)F)cc2)(C(=O)O)C1.COC(=O)C1(NCc2ccc(C(F)(F)F)cc2)CCN(C(=O)OC(C)(C)C)C1. The molecule has 306 valence electrons. The number of carboxylic acid groups (broad SMARTS) is 1. The van der Waals surface area contributed by atoms with Gasteiger partial charge >= 0.3 is 36.5 Å². The number of nitrogens with zero attached hydrogens (tertiary/aromatic N) is 2. The van der Waals surface area contributed by atoms with Gasteiger partial charge in [0.2, 0.25) is 0 Å². The second-order valence-electron chi connectivity index (χ2n) is 15.4. The topological polar surface area (TPSA) is 147 Å². The minimum Gasteiger partial charge on any atom is -0.480 e. The van der Waals surface area contributed by atoms with Crippen LogP contribution in [0, 0.1) is 0 Å². The second kappa shape index (κ2) is 17.1. The standard InChI is InChI=1S/C19H25F3N2O4.C18H23F3N2O4/c1-17(2,3)28-16(26)24-10-9-18(12-24,15(25)27-4)23-11-13-5-7-14(8-6-13)19(20,21)22;1-16(2,3)27-15(26)23-9-8-17(11-23,14(24)25)22-10-12-4-6-13(7-5-12)18(19,20)21/h5-8,23H,9-12H2,1-4H3;4-7,22H,8-11H2,1-3H3,(H,24,25). The molecule has 0 aromatic heterocycles. The Bertz CT molecular complexity index is 1660. The van der Waals surface area contributed by atoms with Crippen molar-refractivity contribution in [2.45, 2.75) is 102 Å². The number of aliphatic carboxylic acids is 1. The monoisotopic (exact) mass is 790 g/mol. The van der Waals surface area contributed by atoms with Crippen LogP contribution in [0.25, 0.3) is 0 Å². The summed E-state index contributed by atoms with van der Waals surface area (Å²) in [5, 5.41) is 15.6. The lowest BCUT2D eigenvalue weighted by Gasteiger charge is -2.29. The fraction of sp³-hybridized carbons (Fsp3) is 0.568. The normalized spacial score (nSPS) is 20.4. The third-order valence-electron chi connectivity index (χ3n) is 8.65. The predicted octanol–water partition coefficient (Wildman–Crippen LogP) is 6.61. The fourth-order valence-corrected chi connectivity index (χ4v) is 5.72. The first kappa shape index (κ1) is 44.8. The number of hydrogen-bond donors (Lipinski definition) is 3. The van der Waals surface area contributed by atoms with Crippen molar-refractivity contribution in [3.8, 4) is 0 Å². The number of likely N-dealkylation sites (tertiary alicyclic amines) is 2. The Balaban J connectivity index is 0.000000296. The number of carbonyl (C=O) groups excluding carboxylic acids is 3. The maximum atomic E-state index is 12.7. The van der Waals surface area contributed by atoms with E-state index in [2.05, 4.69) is 10.6 Å². The molecule has 2 fully saturated rings. The van der Waals surface area contributed by atoms with Crippen molar-refractivity contribution in [2.75, 3.05) is 33.3 Å². The third kappa shape index (κ3) is 12.7. The lowest BCUT2D eigenvalue weighted by atomic mass is 9.98. The molecule has 0 aliphatic carbocycles. The van der Waals surface area contributed by atoms with Crippen molar-refractivity contribution in [3.05, 3.63) is 70.8 Å². The van der Waals surface area contributed by atoms with Gasteiger partial charge in [0, 0.05) is 26.2 Å². The van der Waals surface area contributed by atoms with Gasteiger partial charge in [-0.2, -0.15) is 26.3 Å². The Labute approximate surface area is 315 Å². The van der Waals surface area contributed by atoms with Gasteiger partial charge in [-0.05, 0) is 89.8 Å². The van der Waals surface area contributed by atoms with Crippen LogP contribution in [-0.2, 0) is 49.2 Å². The molecule has 18 heteroatoms. The molecule has 4 rings (SSSR count). The van der Waals surface area contributed by atoms with Crippen LogP contribution in [0.1, 0.15) is 76.6 Å².